The van der Waals surface area contributed by atoms with Gasteiger partial charge in [-0.2, -0.15) is 0 Å². The summed E-state index contributed by atoms with van der Waals surface area (Å²) < 4.78 is 40.6. The number of carbonyl (C=O) groups excluding carboxylic acids is 1. The highest BCUT2D eigenvalue weighted by Gasteiger charge is 2.31. The molecule has 5 nitrogen and oxygen atoms in total. The smallest absolute Gasteiger partial charge is 0.406 e. The number of benzene rings is 2. The average Bonchev–Trinajstić information content (AvgIpc) is 2.65. The third-order valence-electron chi connectivity index (χ3n) is 3.58. The summed E-state index contributed by atoms with van der Waals surface area (Å²) in [5.74, 6) is -0.604. The second-order valence-electron chi connectivity index (χ2n) is 5.68. The van der Waals surface area contributed by atoms with Crippen LogP contribution in [0.25, 0.3) is 0 Å². The molecule has 10 heteroatoms. The number of halogens is 5. The second-order valence-corrected chi connectivity index (χ2v) is 6.49. The summed E-state index contributed by atoms with van der Waals surface area (Å²) in [5.41, 5.74) is 1.07. The fraction of sp³-hybridized carbons (Fsp3) is 0.0526. The minimum Gasteiger partial charge on any atom is -0.406 e. The Balaban J connectivity index is 1.76. The number of nitrogens with zero attached hydrogens (tertiary/aromatic N) is 1. The third kappa shape index (κ3) is 5.75. The Labute approximate surface area is 173 Å². The van der Waals surface area contributed by atoms with Crippen LogP contribution in [0.3, 0.4) is 0 Å². The fourth-order valence-corrected chi connectivity index (χ4v) is 2.64. The van der Waals surface area contributed by atoms with Gasteiger partial charge in [-0.15, -0.1) is 13.2 Å². The molecule has 3 aromatic rings. The lowest BCUT2D eigenvalue weighted by Crippen LogP contribution is -2.17. The number of aromatic nitrogens is 1. The van der Waals surface area contributed by atoms with E-state index in [0.29, 0.717) is 16.4 Å². The lowest BCUT2D eigenvalue weighted by molar-refractivity contribution is -0.274. The van der Waals surface area contributed by atoms with Crippen LogP contribution in [0.5, 0.6) is 5.75 Å². The number of carbonyl (C=O) groups is 1. The van der Waals surface area contributed by atoms with Gasteiger partial charge in [-0.05, 0) is 54.6 Å². The molecule has 1 heterocycles. The summed E-state index contributed by atoms with van der Waals surface area (Å²) in [6.45, 7) is 0. The van der Waals surface area contributed by atoms with Crippen LogP contribution < -0.4 is 15.4 Å². The number of nitrogens with one attached hydrogen (secondary N) is 2. The summed E-state index contributed by atoms with van der Waals surface area (Å²) in [7, 11) is 0. The summed E-state index contributed by atoms with van der Waals surface area (Å²) >= 11 is 11.8. The Morgan fingerprint density at radius 2 is 1.66 bits per heavy atom. The molecule has 0 unspecified atom stereocenters. The van der Waals surface area contributed by atoms with Crippen molar-refractivity contribution in [1.29, 1.82) is 0 Å². The monoisotopic (exact) mass is 441 g/mol. The van der Waals surface area contributed by atoms with Crippen molar-refractivity contribution in [1.82, 2.24) is 4.98 Å². The standard InChI is InChI=1S/C19H12Cl2F3N3O2/c20-15-8-5-12(10-16(15)21)27-18(28)14-2-1-9-25-17(14)26-11-3-6-13(7-4-11)29-19(22,23)24/h1-10H,(H,25,26)(H,27,28). The zero-order chi connectivity index (χ0) is 21.0. The van der Waals surface area contributed by atoms with Gasteiger partial charge in [0.05, 0.1) is 15.6 Å². The van der Waals surface area contributed by atoms with Crippen molar-refractivity contribution in [3.8, 4) is 5.75 Å². The van der Waals surface area contributed by atoms with Crippen molar-refractivity contribution in [2.24, 2.45) is 0 Å². The molecule has 0 saturated carbocycles. The maximum atomic E-state index is 12.6. The van der Waals surface area contributed by atoms with E-state index in [1.807, 2.05) is 0 Å². The highest BCUT2D eigenvalue weighted by atomic mass is 35.5. The molecule has 1 amide bonds. The van der Waals surface area contributed by atoms with Crippen LogP contribution in [0, 0.1) is 0 Å². The molecule has 0 radical (unpaired) electrons. The largest absolute Gasteiger partial charge is 0.573 e. The molecule has 1 aromatic heterocycles. The molecule has 0 spiro atoms. The average molecular weight is 442 g/mol. The molecule has 150 valence electrons. The summed E-state index contributed by atoms with van der Waals surface area (Å²) in [6.07, 6.45) is -3.30. The van der Waals surface area contributed by atoms with Gasteiger partial charge < -0.3 is 15.4 Å². The summed E-state index contributed by atoms with van der Waals surface area (Å²) in [6, 6.07) is 12.8. The first-order chi connectivity index (χ1) is 13.7. The Hall–Kier alpha value is -2.97. The van der Waals surface area contributed by atoms with Gasteiger partial charge in [0.25, 0.3) is 5.91 Å². The first-order valence-electron chi connectivity index (χ1n) is 8.05. The first-order valence-corrected chi connectivity index (χ1v) is 8.81. The molecule has 3 rings (SSSR count). The maximum Gasteiger partial charge on any atom is 0.573 e. The van der Waals surface area contributed by atoms with Crippen LogP contribution in [-0.4, -0.2) is 17.3 Å². The van der Waals surface area contributed by atoms with Gasteiger partial charge in [-0.25, -0.2) is 4.98 Å². The maximum absolute atomic E-state index is 12.6. The van der Waals surface area contributed by atoms with Gasteiger partial charge in [0.15, 0.2) is 0 Å². The van der Waals surface area contributed by atoms with E-state index in [1.54, 1.807) is 24.3 Å². The van der Waals surface area contributed by atoms with Crippen molar-refractivity contribution in [3.63, 3.8) is 0 Å². The van der Waals surface area contributed by atoms with E-state index in [1.165, 1.54) is 24.4 Å². The minimum atomic E-state index is -4.77. The zero-order valence-corrected chi connectivity index (χ0v) is 15.9. The van der Waals surface area contributed by atoms with E-state index in [9.17, 15) is 18.0 Å². The molecule has 0 aliphatic heterocycles. The molecule has 0 aliphatic rings. The zero-order valence-electron chi connectivity index (χ0n) is 14.4. The first kappa shape index (κ1) is 20.8. The molecule has 0 saturated heterocycles. The van der Waals surface area contributed by atoms with E-state index >= 15 is 0 Å². The number of amides is 1. The Kier molecular flexibility index (Phi) is 6.14. The number of ether oxygens (including phenoxy) is 1. The van der Waals surface area contributed by atoms with Gasteiger partial charge >= 0.3 is 6.36 Å². The molecule has 0 fully saturated rings. The fourth-order valence-electron chi connectivity index (χ4n) is 2.34. The Morgan fingerprint density at radius 3 is 2.31 bits per heavy atom. The van der Waals surface area contributed by atoms with E-state index < -0.39 is 12.3 Å². The third-order valence-corrected chi connectivity index (χ3v) is 4.32. The van der Waals surface area contributed by atoms with Crippen LogP contribution in [0.15, 0.2) is 60.8 Å². The van der Waals surface area contributed by atoms with Crippen molar-refractivity contribution in [2.75, 3.05) is 10.6 Å². The highest BCUT2D eigenvalue weighted by molar-refractivity contribution is 6.42. The lowest BCUT2D eigenvalue weighted by atomic mass is 10.2. The quantitative estimate of drug-likeness (QED) is 0.488. The van der Waals surface area contributed by atoms with E-state index in [2.05, 4.69) is 20.4 Å². The van der Waals surface area contributed by atoms with Crippen LogP contribution >= 0.6 is 23.2 Å². The van der Waals surface area contributed by atoms with Gasteiger partial charge in [0.2, 0.25) is 0 Å². The molecular weight excluding hydrogens is 430 g/mol. The van der Waals surface area contributed by atoms with Crippen molar-refractivity contribution in [3.05, 3.63) is 76.4 Å². The number of pyridine rings is 1. The van der Waals surface area contributed by atoms with Crippen molar-refractivity contribution in [2.45, 2.75) is 6.36 Å². The lowest BCUT2D eigenvalue weighted by Gasteiger charge is -2.13. The number of rotatable bonds is 5. The van der Waals surface area contributed by atoms with Crippen LogP contribution in [0.4, 0.5) is 30.4 Å². The SMILES string of the molecule is O=C(Nc1ccc(Cl)c(Cl)c1)c1cccnc1Nc1ccc(OC(F)(F)F)cc1. The molecular formula is C19H12Cl2F3N3O2. The van der Waals surface area contributed by atoms with Gasteiger partial charge in [-0.3, -0.25) is 4.79 Å². The predicted octanol–water partition coefficient (Wildman–Crippen LogP) is 6.28. The van der Waals surface area contributed by atoms with E-state index in [-0.39, 0.29) is 22.2 Å². The molecule has 0 bridgehead atoms. The normalized spacial score (nSPS) is 11.1. The molecule has 2 N–H and O–H groups in total. The molecule has 0 atom stereocenters. The van der Waals surface area contributed by atoms with E-state index in [0.717, 1.165) is 12.1 Å². The van der Waals surface area contributed by atoms with Crippen LogP contribution in [0.2, 0.25) is 10.0 Å². The number of hydrogen-bond acceptors (Lipinski definition) is 4. The summed E-state index contributed by atoms with van der Waals surface area (Å²) in [4.78, 5) is 16.7. The van der Waals surface area contributed by atoms with Crippen molar-refractivity contribution >= 4 is 46.3 Å². The topological polar surface area (TPSA) is 63.2 Å². The van der Waals surface area contributed by atoms with Crippen LogP contribution in [-0.2, 0) is 0 Å². The number of anilines is 3. The molecule has 2 aromatic carbocycles. The molecule has 0 aliphatic carbocycles. The van der Waals surface area contributed by atoms with Crippen molar-refractivity contribution < 1.29 is 22.7 Å². The Morgan fingerprint density at radius 1 is 0.966 bits per heavy atom. The van der Waals surface area contributed by atoms with E-state index in [4.69, 9.17) is 23.2 Å². The minimum absolute atomic E-state index is 0.217. The van der Waals surface area contributed by atoms with Gasteiger partial charge in [-0.1, -0.05) is 23.2 Å². The van der Waals surface area contributed by atoms with Gasteiger partial charge in [0, 0.05) is 17.6 Å². The number of alkyl halides is 3. The predicted molar refractivity (Wildman–Crippen MR) is 105 cm³/mol. The van der Waals surface area contributed by atoms with Gasteiger partial charge in [0.1, 0.15) is 11.6 Å². The second kappa shape index (κ2) is 8.59. The highest BCUT2D eigenvalue weighted by Crippen LogP contribution is 2.27. The van der Waals surface area contributed by atoms with Crippen LogP contribution in [0.1, 0.15) is 10.4 Å². The Bertz CT molecular complexity index is 1030. The molecule has 29 heavy (non-hydrogen) atoms. The number of hydrogen-bond donors (Lipinski definition) is 2. The summed E-state index contributed by atoms with van der Waals surface area (Å²) in [5, 5.41) is 6.21.